The molecule has 0 aliphatic rings. The second-order valence-corrected chi connectivity index (χ2v) is 3.92. The molecule has 1 heterocycles. The van der Waals surface area contributed by atoms with Gasteiger partial charge in [-0.3, -0.25) is 0 Å². The summed E-state index contributed by atoms with van der Waals surface area (Å²) in [4.78, 5) is 3.73. The van der Waals surface area contributed by atoms with Gasteiger partial charge in [0.2, 0.25) is 0 Å². The molecule has 0 aliphatic heterocycles. The Kier molecular flexibility index (Phi) is 3.71. The van der Waals surface area contributed by atoms with Crippen LogP contribution in [0.15, 0.2) is 42.6 Å². The van der Waals surface area contributed by atoms with Crippen molar-refractivity contribution in [3.05, 3.63) is 53.7 Å². The van der Waals surface area contributed by atoms with E-state index in [1.807, 2.05) is 0 Å². The van der Waals surface area contributed by atoms with Crippen LogP contribution in [0.2, 0.25) is 0 Å². The van der Waals surface area contributed by atoms with Crippen LogP contribution in [0.25, 0.3) is 0 Å². The van der Waals surface area contributed by atoms with Crippen molar-refractivity contribution in [1.82, 2.24) is 4.98 Å². The fourth-order valence-electron chi connectivity index (χ4n) is 1.59. The Morgan fingerprint density at radius 2 is 1.79 bits per heavy atom. The largest absolute Gasteiger partial charge is 0.419 e. The van der Waals surface area contributed by atoms with E-state index in [9.17, 15) is 13.2 Å². The molecule has 0 fully saturated rings. The van der Waals surface area contributed by atoms with Crippen molar-refractivity contribution in [1.29, 1.82) is 0 Å². The molecule has 0 saturated heterocycles. The number of alkyl halides is 3. The third-order valence-electron chi connectivity index (χ3n) is 2.57. The van der Waals surface area contributed by atoms with E-state index in [1.54, 1.807) is 24.3 Å². The number of nitrogens with zero attached hydrogens (tertiary/aromatic N) is 1. The van der Waals surface area contributed by atoms with Gasteiger partial charge < -0.3 is 11.1 Å². The fourth-order valence-corrected chi connectivity index (χ4v) is 1.59. The summed E-state index contributed by atoms with van der Waals surface area (Å²) in [7, 11) is 0. The lowest BCUT2D eigenvalue weighted by atomic mass is 10.2. The first-order valence-corrected chi connectivity index (χ1v) is 5.59. The zero-order valence-corrected chi connectivity index (χ0v) is 9.91. The number of benzene rings is 1. The second-order valence-electron chi connectivity index (χ2n) is 3.92. The Balaban J connectivity index is 2.28. The van der Waals surface area contributed by atoms with Crippen molar-refractivity contribution in [3.8, 4) is 0 Å². The maximum atomic E-state index is 12.8. The summed E-state index contributed by atoms with van der Waals surface area (Å²) < 4.78 is 38.3. The molecule has 0 unspecified atom stereocenters. The molecule has 0 aliphatic carbocycles. The average molecular weight is 267 g/mol. The summed E-state index contributed by atoms with van der Waals surface area (Å²) in [6.07, 6.45) is -3.13. The van der Waals surface area contributed by atoms with E-state index in [0.29, 0.717) is 12.2 Å². The molecule has 1 aromatic carbocycles. The van der Waals surface area contributed by atoms with Gasteiger partial charge in [-0.1, -0.05) is 12.1 Å². The van der Waals surface area contributed by atoms with Gasteiger partial charge in [0, 0.05) is 18.4 Å². The Morgan fingerprint density at radius 1 is 1.11 bits per heavy atom. The highest BCUT2D eigenvalue weighted by molar-refractivity contribution is 5.60. The van der Waals surface area contributed by atoms with Crippen LogP contribution in [0.3, 0.4) is 0 Å². The van der Waals surface area contributed by atoms with E-state index >= 15 is 0 Å². The fraction of sp³-hybridized carbons (Fsp3) is 0.154. The molecule has 3 N–H and O–H groups in total. The van der Waals surface area contributed by atoms with E-state index in [2.05, 4.69) is 10.3 Å². The molecule has 0 radical (unpaired) electrons. The van der Waals surface area contributed by atoms with Gasteiger partial charge >= 0.3 is 6.18 Å². The molecule has 0 spiro atoms. The van der Waals surface area contributed by atoms with E-state index < -0.39 is 11.7 Å². The normalized spacial score (nSPS) is 11.4. The van der Waals surface area contributed by atoms with E-state index in [4.69, 9.17) is 5.73 Å². The molecule has 2 aromatic rings. The molecule has 6 heteroatoms. The molecule has 2 rings (SSSR count). The summed E-state index contributed by atoms with van der Waals surface area (Å²) >= 11 is 0. The average Bonchev–Trinajstić information content (AvgIpc) is 2.39. The summed E-state index contributed by atoms with van der Waals surface area (Å²) in [5, 5.41) is 2.66. The molecule has 3 nitrogen and oxygen atoms in total. The van der Waals surface area contributed by atoms with Gasteiger partial charge in [0.05, 0.1) is 5.56 Å². The quantitative estimate of drug-likeness (QED) is 0.897. The Hall–Kier alpha value is -2.08. The van der Waals surface area contributed by atoms with Gasteiger partial charge in [-0.05, 0) is 29.8 Å². The van der Waals surface area contributed by atoms with Gasteiger partial charge in [-0.2, -0.15) is 13.2 Å². The van der Waals surface area contributed by atoms with Crippen molar-refractivity contribution in [2.24, 2.45) is 5.73 Å². The standard InChI is InChI=1S/C13H12F3N3/c14-13(15,16)11-2-1-7-18-12(11)19-10-5-3-9(8-17)4-6-10/h1-7H,8,17H2,(H,18,19). The lowest BCUT2D eigenvalue weighted by Crippen LogP contribution is -2.10. The van der Waals surface area contributed by atoms with Crippen LogP contribution in [-0.2, 0) is 12.7 Å². The zero-order chi connectivity index (χ0) is 13.9. The Morgan fingerprint density at radius 3 is 2.37 bits per heavy atom. The van der Waals surface area contributed by atoms with Crippen LogP contribution in [0, 0.1) is 0 Å². The lowest BCUT2D eigenvalue weighted by Gasteiger charge is -2.13. The molecular weight excluding hydrogens is 255 g/mol. The number of anilines is 2. The Labute approximate surface area is 108 Å². The SMILES string of the molecule is NCc1ccc(Nc2ncccc2C(F)(F)F)cc1. The number of rotatable bonds is 3. The molecule has 0 amide bonds. The van der Waals surface area contributed by atoms with Gasteiger partial charge in [0.25, 0.3) is 0 Å². The first kappa shape index (κ1) is 13.4. The smallest absolute Gasteiger partial charge is 0.340 e. The van der Waals surface area contributed by atoms with Crippen LogP contribution in [-0.4, -0.2) is 4.98 Å². The van der Waals surface area contributed by atoms with Crippen molar-refractivity contribution in [2.45, 2.75) is 12.7 Å². The second kappa shape index (κ2) is 5.27. The number of halogens is 3. The first-order chi connectivity index (χ1) is 9.00. The van der Waals surface area contributed by atoms with Crippen LogP contribution in [0.4, 0.5) is 24.7 Å². The third-order valence-corrected chi connectivity index (χ3v) is 2.57. The molecular formula is C13H12F3N3. The van der Waals surface area contributed by atoms with E-state index in [1.165, 1.54) is 12.3 Å². The molecule has 0 bridgehead atoms. The monoisotopic (exact) mass is 267 g/mol. The number of pyridine rings is 1. The predicted octanol–water partition coefficient (Wildman–Crippen LogP) is 3.30. The van der Waals surface area contributed by atoms with Crippen molar-refractivity contribution in [2.75, 3.05) is 5.32 Å². The summed E-state index contributed by atoms with van der Waals surface area (Å²) in [6.45, 7) is 0.387. The highest BCUT2D eigenvalue weighted by Crippen LogP contribution is 2.34. The highest BCUT2D eigenvalue weighted by atomic mass is 19.4. The first-order valence-electron chi connectivity index (χ1n) is 5.59. The third kappa shape index (κ3) is 3.23. The van der Waals surface area contributed by atoms with E-state index in [-0.39, 0.29) is 5.82 Å². The van der Waals surface area contributed by atoms with Gasteiger partial charge in [0.15, 0.2) is 0 Å². The topological polar surface area (TPSA) is 50.9 Å². The van der Waals surface area contributed by atoms with E-state index in [0.717, 1.165) is 11.6 Å². The molecule has 1 aromatic heterocycles. The minimum atomic E-state index is -4.44. The van der Waals surface area contributed by atoms with Crippen LogP contribution in [0.5, 0.6) is 0 Å². The summed E-state index contributed by atoms with van der Waals surface area (Å²) in [5.41, 5.74) is 6.09. The Bertz CT molecular complexity index is 550. The minimum absolute atomic E-state index is 0.213. The zero-order valence-electron chi connectivity index (χ0n) is 9.91. The van der Waals surface area contributed by atoms with Crippen molar-refractivity contribution >= 4 is 11.5 Å². The summed E-state index contributed by atoms with van der Waals surface area (Å²) in [5.74, 6) is -0.213. The molecule has 19 heavy (non-hydrogen) atoms. The predicted molar refractivity (Wildman–Crippen MR) is 66.9 cm³/mol. The lowest BCUT2D eigenvalue weighted by molar-refractivity contribution is -0.137. The maximum Gasteiger partial charge on any atom is 0.419 e. The summed E-state index contributed by atoms with van der Waals surface area (Å²) in [6, 6.07) is 9.07. The van der Waals surface area contributed by atoms with Crippen molar-refractivity contribution in [3.63, 3.8) is 0 Å². The number of hydrogen-bond donors (Lipinski definition) is 2. The van der Waals surface area contributed by atoms with Crippen LogP contribution < -0.4 is 11.1 Å². The maximum absolute atomic E-state index is 12.8. The molecule has 0 saturated carbocycles. The van der Waals surface area contributed by atoms with Crippen LogP contribution >= 0.6 is 0 Å². The molecule has 0 atom stereocenters. The highest BCUT2D eigenvalue weighted by Gasteiger charge is 2.34. The minimum Gasteiger partial charge on any atom is -0.340 e. The van der Waals surface area contributed by atoms with Gasteiger partial charge in [-0.15, -0.1) is 0 Å². The number of nitrogens with two attached hydrogens (primary N) is 1. The van der Waals surface area contributed by atoms with Crippen molar-refractivity contribution < 1.29 is 13.2 Å². The molecule has 100 valence electrons. The van der Waals surface area contributed by atoms with Gasteiger partial charge in [-0.25, -0.2) is 4.98 Å². The van der Waals surface area contributed by atoms with Gasteiger partial charge in [0.1, 0.15) is 5.82 Å². The van der Waals surface area contributed by atoms with Crippen LogP contribution in [0.1, 0.15) is 11.1 Å². The number of aromatic nitrogens is 1. The number of nitrogens with one attached hydrogen (secondary N) is 1. The number of hydrogen-bond acceptors (Lipinski definition) is 3.